The van der Waals surface area contributed by atoms with Gasteiger partial charge in [-0.05, 0) is 29.8 Å². The van der Waals surface area contributed by atoms with Crippen LogP contribution in [-0.4, -0.2) is 27.3 Å². The van der Waals surface area contributed by atoms with Crippen molar-refractivity contribution in [1.82, 2.24) is 0 Å². The van der Waals surface area contributed by atoms with Crippen LogP contribution in [-0.2, 0) is 6.54 Å². The molecule has 0 aliphatic heterocycles. The van der Waals surface area contributed by atoms with Crippen LogP contribution >= 0.6 is 0 Å². The Hall–Kier alpha value is -2.89. The van der Waals surface area contributed by atoms with E-state index in [4.69, 9.17) is 19.9 Å². The van der Waals surface area contributed by atoms with Crippen LogP contribution in [0.3, 0.4) is 0 Å². The van der Waals surface area contributed by atoms with Crippen LogP contribution in [0.1, 0.15) is 5.56 Å². The van der Waals surface area contributed by atoms with Crippen LogP contribution < -0.4 is 25.3 Å². The number of nitrogens with one attached hydrogen (secondary N) is 1. The molecule has 0 saturated carbocycles. The van der Waals surface area contributed by atoms with E-state index in [9.17, 15) is 0 Å². The maximum Gasteiger partial charge on any atom is 0.193 e. The average Bonchev–Trinajstić information content (AvgIpc) is 2.60. The molecule has 23 heavy (non-hydrogen) atoms. The van der Waals surface area contributed by atoms with E-state index < -0.39 is 0 Å². The van der Waals surface area contributed by atoms with Crippen LogP contribution in [0, 0.1) is 0 Å². The topological polar surface area (TPSA) is 78.1 Å². The molecule has 2 rings (SSSR count). The van der Waals surface area contributed by atoms with Crippen LogP contribution in [0.15, 0.2) is 47.5 Å². The Morgan fingerprint density at radius 1 is 1.00 bits per heavy atom. The molecule has 6 nitrogen and oxygen atoms in total. The lowest BCUT2D eigenvalue weighted by molar-refractivity contribution is 0.355. The third-order valence-electron chi connectivity index (χ3n) is 3.22. The van der Waals surface area contributed by atoms with Gasteiger partial charge in [-0.2, -0.15) is 0 Å². The molecule has 0 aliphatic rings. The minimum absolute atomic E-state index is 0.319. The van der Waals surface area contributed by atoms with Gasteiger partial charge in [-0.1, -0.05) is 12.1 Å². The molecule has 0 amide bonds. The van der Waals surface area contributed by atoms with Crippen LogP contribution in [0.5, 0.6) is 17.2 Å². The fourth-order valence-corrected chi connectivity index (χ4v) is 2.05. The van der Waals surface area contributed by atoms with Gasteiger partial charge in [0.15, 0.2) is 17.5 Å². The third kappa shape index (κ3) is 4.54. The number of hydrogen-bond acceptors (Lipinski definition) is 4. The smallest absolute Gasteiger partial charge is 0.193 e. The van der Waals surface area contributed by atoms with Gasteiger partial charge in [-0.25, -0.2) is 4.99 Å². The Kier molecular flexibility index (Phi) is 5.68. The highest BCUT2D eigenvalue weighted by molar-refractivity contribution is 5.92. The number of benzene rings is 2. The standard InChI is InChI=1S/C17H21N3O3/c1-21-14-6-4-5-12(9-14)11-19-17(18)20-13-7-8-15(22-2)16(10-13)23-3/h4-10H,11H2,1-3H3,(H3,18,19,20). The van der Waals surface area contributed by atoms with Crippen molar-refractivity contribution in [2.75, 3.05) is 26.6 Å². The maximum atomic E-state index is 5.92. The molecule has 3 N–H and O–H groups in total. The Labute approximate surface area is 135 Å². The van der Waals surface area contributed by atoms with E-state index in [1.807, 2.05) is 30.3 Å². The zero-order valence-corrected chi connectivity index (χ0v) is 13.5. The van der Waals surface area contributed by atoms with Crippen molar-refractivity contribution in [3.63, 3.8) is 0 Å². The summed E-state index contributed by atoms with van der Waals surface area (Å²) in [5.41, 5.74) is 7.71. The first-order valence-corrected chi connectivity index (χ1v) is 7.08. The van der Waals surface area contributed by atoms with Gasteiger partial charge >= 0.3 is 0 Å². The molecule has 2 aromatic rings. The van der Waals surface area contributed by atoms with Gasteiger partial charge < -0.3 is 25.3 Å². The van der Waals surface area contributed by atoms with Crippen molar-refractivity contribution in [3.05, 3.63) is 48.0 Å². The SMILES string of the molecule is COc1cccc(CN=C(N)Nc2ccc(OC)c(OC)c2)c1. The molecule has 0 spiro atoms. The number of methoxy groups -OCH3 is 3. The molecule has 0 saturated heterocycles. The molecule has 122 valence electrons. The van der Waals surface area contributed by atoms with Gasteiger partial charge in [0.05, 0.1) is 27.9 Å². The highest BCUT2D eigenvalue weighted by atomic mass is 16.5. The minimum Gasteiger partial charge on any atom is -0.497 e. The van der Waals surface area contributed by atoms with Gasteiger partial charge in [-0.3, -0.25) is 0 Å². The molecule has 0 aromatic heterocycles. The van der Waals surface area contributed by atoms with E-state index in [0.29, 0.717) is 24.0 Å². The van der Waals surface area contributed by atoms with Gasteiger partial charge in [0.2, 0.25) is 0 Å². The predicted octanol–water partition coefficient (Wildman–Crippen LogP) is 2.64. The summed E-state index contributed by atoms with van der Waals surface area (Å²) in [6, 6.07) is 13.1. The molecule has 0 aliphatic carbocycles. The summed E-state index contributed by atoms with van der Waals surface area (Å²) in [7, 11) is 4.81. The molecule has 0 heterocycles. The number of nitrogens with two attached hydrogens (primary N) is 1. The first-order chi connectivity index (χ1) is 11.2. The molecule has 0 atom stereocenters. The number of ether oxygens (including phenoxy) is 3. The van der Waals surface area contributed by atoms with Crippen molar-refractivity contribution >= 4 is 11.6 Å². The third-order valence-corrected chi connectivity index (χ3v) is 3.22. The van der Waals surface area contributed by atoms with Crippen molar-refractivity contribution < 1.29 is 14.2 Å². The van der Waals surface area contributed by atoms with Crippen molar-refractivity contribution in [3.8, 4) is 17.2 Å². The predicted molar refractivity (Wildman–Crippen MR) is 91.5 cm³/mol. The monoisotopic (exact) mass is 315 g/mol. The first kappa shape index (κ1) is 16.5. The number of anilines is 1. The molecule has 6 heteroatoms. The second-order valence-electron chi connectivity index (χ2n) is 4.75. The summed E-state index contributed by atoms with van der Waals surface area (Å²) >= 11 is 0. The lowest BCUT2D eigenvalue weighted by Crippen LogP contribution is -2.22. The zero-order chi connectivity index (χ0) is 16.7. The second kappa shape index (κ2) is 7.93. The molecular weight excluding hydrogens is 294 g/mol. The van der Waals surface area contributed by atoms with Gasteiger partial charge in [0, 0.05) is 11.8 Å². The highest BCUT2D eigenvalue weighted by Gasteiger charge is 2.05. The van der Waals surface area contributed by atoms with Crippen LogP contribution in [0.2, 0.25) is 0 Å². The Balaban J connectivity index is 2.04. The van der Waals surface area contributed by atoms with Crippen LogP contribution in [0.4, 0.5) is 5.69 Å². The van der Waals surface area contributed by atoms with Gasteiger partial charge in [-0.15, -0.1) is 0 Å². The van der Waals surface area contributed by atoms with E-state index in [1.165, 1.54) is 0 Å². The fourth-order valence-electron chi connectivity index (χ4n) is 2.05. The minimum atomic E-state index is 0.319. The number of aliphatic imine (C=N–C) groups is 1. The molecule has 2 aromatic carbocycles. The largest absolute Gasteiger partial charge is 0.497 e. The fraction of sp³-hybridized carbons (Fsp3) is 0.235. The highest BCUT2D eigenvalue weighted by Crippen LogP contribution is 2.29. The maximum absolute atomic E-state index is 5.92. The second-order valence-corrected chi connectivity index (χ2v) is 4.75. The van der Waals surface area contributed by atoms with E-state index in [0.717, 1.165) is 17.0 Å². The molecular formula is C17H21N3O3. The average molecular weight is 315 g/mol. The zero-order valence-electron chi connectivity index (χ0n) is 13.5. The lowest BCUT2D eigenvalue weighted by Gasteiger charge is -2.11. The first-order valence-electron chi connectivity index (χ1n) is 7.08. The van der Waals surface area contributed by atoms with Gasteiger partial charge in [0.25, 0.3) is 0 Å². The number of nitrogens with zero attached hydrogens (tertiary/aromatic N) is 1. The van der Waals surface area contributed by atoms with E-state index in [1.54, 1.807) is 33.5 Å². The molecule has 0 unspecified atom stereocenters. The quantitative estimate of drug-likeness (QED) is 0.633. The summed E-state index contributed by atoms with van der Waals surface area (Å²) in [6.07, 6.45) is 0. The summed E-state index contributed by atoms with van der Waals surface area (Å²) in [6.45, 7) is 0.462. The number of guanidine groups is 1. The van der Waals surface area contributed by atoms with Crippen LogP contribution in [0.25, 0.3) is 0 Å². The van der Waals surface area contributed by atoms with E-state index in [-0.39, 0.29) is 0 Å². The van der Waals surface area contributed by atoms with Crippen molar-refractivity contribution in [2.24, 2.45) is 10.7 Å². The summed E-state index contributed by atoms with van der Waals surface area (Å²) < 4.78 is 15.6. The summed E-state index contributed by atoms with van der Waals surface area (Å²) in [4.78, 5) is 4.32. The van der Waals surface area contributed by atoms with Gasteiger partial charge in [0.1, 0.15) is 5.75 Å². The molecule has 0 radical (unpaired) electrons. The van der Waals surface area contributed by atoms with Crippen molar-refractivity contribution in [1.29, 1.82) is 0 Å². The number of hydrogen-bond donors (Lipinski definition) is 2. The Morgan fingerprint density at radius 3 is 2.48 bits per heavy atom. The summed E-state index contributed by atoms with van der Waals surface area (Å²) in [5, 5.41) is 3.03. The Bertz CT molecular complexity index is 687. The number of rotatable bonds is 6. The molecule has 0 fully saturated rings. The lowest BCUT2D eigenvalue weighted by atomic mass is 10.2. The van der Waals surface area contributed by atoms with E-state index in [2.05, 4.69) is 10.3 Å². The normalized spacial score (nSPS) is 11.0. The van der Waals surface area contributed by atoms with E-state index >= 15 is 0 Å². The Morgan fingerprint density at radius 2 is 1.78 bits per heavy atom. The van der Waals surface area contributed by atoms with Crippen molar-refractivity contribution in [2.45, 2.75) is 6.54 Å². The molecule has 0 bridgehead atoms. The summed E-state index contributed by atoms with van der Waals surface area (Å²) in [5.74, 6) is 2.40.